The zero-order chi connectivity index (χ0) is 13.8. The lowest BCUT2D eigenvalue weighted by atomic mass is 10.1. The molecule has 98 valence electrons. The summed E-state index contributed by atoms with van der Waals surface area (Å²) in [5, 5.41) is 12.1. The molecule has 2 aromatic rings. The number of aromatic nitrogens is 2. The number of hydrogen-bond acceptors (Lipinski definition) is 4. The van der Waals surface area contributed by atoms with E-state index < -0.39 is 5.97 Å². The second-order valence-corrected chi connectivity index (χ2v) is 4.37. The molecule has 0 fully saturated rings. The smallest absolute Gasteiger partial charge is 0.341 e. The van der Waals surface area contributed by atoms with Crippen LogP contribution in [0, 0.1) is 13.8 Å². The van der Waals surface area contributed by atoms with Crippen molar-refractivity contribution in [3.63, 3.8) is 0 Å². The van der Waals surface area contributed by atoms with Gasteiger partial charge in [0.05, 0.1) is 0 Å². The van der Waals surface area contributed by atoms with Gasteiger partial charge in [-0.15, -0.1) is 0 Å². The van der Waals surface area contributed by atoms with Crippen molar-refractivity contribution in [2.24, 2.45) is 0 Å². The summed E-state index contributed by atoms with van der Waals surface area (Å²) < 4.78 is 0. The van der Waals surface area contributed by atoms with Crippen LogP contribution >= 0.6 is 0 Å². The Bertz CT molecular complexity index is 611. The number of carbonyl (C=O) groups is 1. The number of nitrogens with zero attached hydrogens (tertiary/aromatic N) is 2. The first-order valence-electron chi connectivity index (χ1n) is 5.91. The zero-order valence-electron chi connectivity index (χ0n) is 10.8. The van der Waals surface area contributed by atoms with Crippen LogP contribution in [0.2, 0.25) is 0 Å². The molecule has 19 heavy (non-hydrogen) atoms. The van der Waals surface area contributed by atoms with Crippen LogP contribution in [-0.2, 0) is 6.54 Å². The minimum Gasteiger partial charge on any atom is -0.477 e. The van der Waals surface area contributed by atoms with Gasteiger partial charge in [0.15, 0.2) is 0 Å². The lowest BCUT2D eigenvalue weighted by Crippen LogP contribution is -2.09. The lowest BCUT2D eigenvalue weighted by molar-refractivity contribution is 0.0697. The molecule has 5 heteroatoms. The monoisotopic (exact) mass is 257 g/mol. The Balaban J connectivity index is 2.19. The molecule has 0 amide bonds. The molecule has 2 rings (SSSR count). The molecule has 1 aromatic heterocycles. The Hall–Kier alpha value is -2.43. The fourth-order valence-corrected chi connectivity index (χ4v) is 1.80. The Morgan fingerprint density at radius 1 is 1.37 bits per heavy atom. The summed E-state index contributed by atoms with van der Waals surface area (Å²) in [5.74, 6) is -0.701. The quantitative estimate of drug-likeness (QED) is 0.879. The first-order chi connectivity index (χ1) is 9.08. The zero-order valence-corrected chi connectivity index (χ0v) is 10.8. The summed E-state index contributed by atoms with van der Waals surface area (Å²) in [6, 6.07) is 6.17. The van der Waals surface area contributed by atoms with Crippen LogP contribution in [0.5, 0.6) is 0 Å². The van der Waals surface area contributed by atoms with Crippen molar-refractivity contribution in [2.45, 2.75) is 20.4 Å². The molecule has 0 radical (unpaired) electrons. The maximum atomic E-state index is 11.0. The van der Waals surface area contributed by atoms with E-state index in [2.05, 4.69) is 21.4 Å². The molecule has 1 heterocycles. The molecule has 0 unspecified atom stereocenters. The average molecular weight is 257 g/mol. The van der Waals surface area contributed by atoms with E-state index in [0.717, 1.165) is 11.1 Å². The molecule has 0 atom stereocenters. The SMILES string of the molecule is Cc1ccc(C)c(CNc2ncncc2C(=O)O)c1. The highest BCUT2D eigenvalue weighted by atomic mass is 16.4. The van der Waals surface area contributed by atoms with E-state index >= 15 is 0 Å². The Labute approximate surface area is 111 Å². The lowest BCUT2D eigenvalue weighted by Gasteiger charge is -2.10. The van der Waals surface area contributed by atoms with Crippen LogP contribution < -0.4 is 5.32 Å². The van der Waals surface area contributed by atoms with Gasteiger partial charge in [-0.3, -0.25) is 0 Å². The van der Waals surface area contributed by atoms with Crippen LogP contribution in [0.1, 0.15) is 27.0 Å². The van der Waals surface area contributed by atoms with Crippen LogP contribution in [0.15, 0.2) is 30.7 Å². The number of anilines is 1. The number of aryl methyl sites for hydroxylation is 2. The number of hydrogen-bond donors (Lipinski definition) is 2. The highest BCUT2D eigenvalue weighted by Gasteiger charge is 2.11. The van der Waals surface area contributed by atoms with Gasteiger partial charge in [-0.25, -0.2) is 14.8 Å². The van der Waals surface area contributed by atoms with Gasteiger partial charge in [-0.05, 0) is 25.0 Å². The van der Waals surface area contributed by atoms with E-state index in [-0.39, 0.29) is 5.56 Å². The third kappa shape index (κ3) is 3.07. The van der Waals surface area contributed by atoms with Crippen molar-refractivity contribution >= 4 is 11.8 Å². The molecule has 2 N–H and O–H groups in total. The predicted molar refractivity (Wildman–Crippen MR) is 72.2 cm³/mol. The fourth-order valence-electron chi connectivity index (χ4n) is 1.80. The van der Waals surface area contributed by atoms with Gasteiger partial charge in [0.25, 0.3) is 0 Å². The second-order valence-electron chi connectivity index (χ2n) is 4.37. The summed E-state index contributed by atoms with van der Waals surface area (Å²) in [6.07, 6.45) is 2.62. The maximum Gasteiger partial charge on any atom is 0.341 e. The highest BCUT2D eigenvalue weighted by Crippen LogP contribution is 2.15. The summed E-state index contributed by atoms with van der Waals surface area (Å²) in [7, 11) is 0. The van der Waals surface area contributed by atoms with Crippen molar-refractivity contribution in [3.05, 3.63) is 53.0 Å². The Morgan fingerprint density at radius 2 is 2.16 bits per heavy atom. The molecule has 0 saturated carbocycles. The van der Waals surface area contributed by atoms with Crippen LogP contribution in [0.25, 0.3) is 0 Å². The molecule has 0 aliphatic heterocycles. The number of nitrogens with one attached hydrogen (secondary N) is 1. The standard InChI is InChI=1S/C14H15N3O2/c1-9-3-4-10(2)11(5-9)6-16-13-12(14(18)19)7-15-8-17-13/h3-5,7-8H,6H2,1-2H3,(H,18,19)(H,15,16,17). The molecule has 0 aliphatic carbocycles. The molecule has 1 aromatic carbocycles. The summed E-state index contributed by atoms with van der Waals surface area (Å²) in [6.45, 7) is 4.58. The normalized spacial score (nSPS) is 10.2. The van der Waals surface area contributed by atoms with Gasteiger partial charge in [-0.1, -0.05) is 23.8 Å². The maximum absolute atomic E-state index is 11.0. The number of carboxylic acid groups (broad SMARTS) is 1. The summed E-state index contributed by atoms with van der Waals surface area (Å²) in [4.78, 5) is 18.7. The van der Waals surface area contributed by atoms with Gasteiger partial charge in [-0.2, -0.15) is 0 Å². The Kier molecular flexibility index (Phi) is 3.75. The van der Waals surface area contributed by atoms with E-state index in [1.54, 1.807) is 0 Å². The van der Waals surface area contributed by atoms with Crippen molar-refractivity contribution in [3.8, 4) is 0 Å². The molecule has 0 bridgehead atoms. The first-order valence-corrected chi connectivity index (χ1v) is 5.91. The van der Waals surface area contributed by atoms with E-state index in [1.807, 2.05) is 26.0 Å². The second kappa shape index (κ2) is 5.48. The third-order valence-corrected chi connectivity index (χ3v) is 2.89. The molecule has 0 spiro atoms. The van der Waals surface area contributed by atoms with Crippen LogP contribution in [-0.4, -0.2) is 21.0 Å². The van der Waals surface area contributed by atoms with Crippen molar-refractivity contribution < 1.29 is 9.90 Å². The van der Waals surface area contributed by atoms with E-state index in [4.69, 9.17) is 5.11 Å². The average Bonchev–Trinajstić information content (AvgIpc) is 2.40. The molecule has 0 aliphatic rings. The van der Waals surface area contributed by atoms with Gasteiger partial charge in [0.1, 0.15) is 17.7 Å². The van der Waals surface area contributed by atoms with E-state index in [9.17, 15) is 4.79 Å². The van der Waals surface area contributed by atoms with Gasteiger partial charge >= 0.3 is 5.97 Å². The van der Waals surface area contributed by atoms with Crippen molar-refractivity contribution in [1.82, 2.24) is 9.97 Å². The summed E-state index contributed by atoms with van der Waals surface area (Å²) >= 11 is 0. The third-order valence-electron chi connectivity index (χ3n) is 2.89. The Morgan fingerprint density at radius 3 is 2.89 bits per heavy atom. The van der Waals surface area contributed by atoms with Gasteiger partial charge in [0, 0.05) is 12.7 Å². The predicted octanol–water partition coefficient (Wildman–Crippen LogP) is 2.40. The first kappa shape index (κ1) is 13.0. The van der Waals surface area contributed by atoms with E-state index in [1.165, 1.54) is 18.1 Å². The van der Waals surface area contributed by atoms with Crippen LogP contribution in [0.3, 0.4) is 0 Å². The number of aromatic carboxylic acids is 1. The highest BCUT2D eigenvalue weighted by molar-refractivity contribution is 5.92. The number of benzene rings is 1. The molecular formula is C14H15N3O2. The molecule has 0 saturated heterocycles. The molecule has 5 nitrogen and oxygen atoms in total. The van der Waals surface area contributed by atoms with Gasteiger partial charge in [0.2, 0.25) is 0 Å². The number of carboxylic acids is 1. The summed E-state index contributed by atoms with van der Waals surface area (Å²) in [5.41, 5.74) is 3.52. The minimum atomic E-state index is -1.04. The number of rotatable bonds is 4. The van der Waals surface area contributed by atoms with Crippen molar-refractivity contribution in [1.29, 1.82) is 0 Å². The largest absolute Gasteiger partial charge is 0.477 e. The van der Waals surface area contributed by atoms with E-state index in [0.29, 0.717) is 12.4 Å². The minimum absolute atomic E-state index is 0.0767. The van der Waals surface area contributed by atoms with Crippen LogP contribution in [0.4, 0.5) is 5.82 Å². The van der Waals surface area contributed by atoms with Crippen molar-refractivity contribution in [2.75, 3.05) is 5.32 Å². The topological polar surface area (TPSA) is 75.1 Å². The van der Waals surface area contributed by atoms with Gasteiger partial charge < -0.3 is 10.4 Å². The molecular weight excluding hydrogens is 242 g/mol. The fraction of sp³-hybridized carbons (Fsp3) is 0.214.